The quantitative estimate of drug-likeness (QED) is 0.616. The Hall–Kier alpha value is -1.33. The SMILES string of the molecule is CCOC(=O)c1cc(NCC(O)CCl)ccc1F. The van der Waals surface area contributed by atoms with E-state index in [2.05, 4.69) is 5.32 Å². The first kappa shape index (κ1) is 14.7. The number of carbonyl (C=O) groups excluding carboxylic acids is 1. The van der Waals surface area contributed by atoms with Gasteiger partial charge in [-0.1, -0.05) is 0 Å². The van der Waals surface area contributed by atoms with Crippen molar-refractivity contribution in [3.63, 3.8) is 0 Å². The van der Waals surface area contributed by atoms with E-state index in [9.17, 15) is 14.3 Å². The summed E-state index contributed by atoms with van der Waals surface area (Å²) in [5.74, 6) is -1.26. The average Bonchev–Trinajstić information content (AvgIpc) is 2.37. The molecule has 1 rings (SSSR count). The Balaban J connectivity index is 2.77. The van der Waals surface area contributed by atoms with E-state index in [-0.39, 0.29) is 24.6 Å². The van der Waals surface area contributed by atoms with Crippen LogP contribution in [0.15, 0.2) is 18.2 Å². The number of hydrogen-bond acceptors (Lipinski definition) is 4. The number of hydrogen-bond donors (Lipinski definition) is 2. The van der Waals surface area contributed by atoms with Crippen molar-refractivity contribution in [1.29, 1.82) is 0 Å². The van der Waals surface area contributed by atoms with Gasteiger partial charge in [0, 0.05) is 12.2 Å². The summed E-state index contributed by atoms with van der Waals surface area (Å²) < 4.78 is 18.1. The van der Waals surface area contributed by atoms with Crippen LogP contribution in [0.25, 0.3) is 0 Å². The van der Waals surface area contributed by atoms with Crippen LogP contribution in [0, 0.1) is 5.82 Å². The highest BCUT2D eigenvalue weighted by Gasteiger charge is 2.13. The third-order valence-electron chi connectivity index (χ3n) is 2.18. The fourth-order valence-electron chi connectivity index (χ4n) is 1.29. The highest BCUT2D eigenvalue weighted by molar-refractivity contribution is 6.18. The van der Waals surface area contributed by atoms with Crippen LogP contribution in [0.4, 0.5) is 10.1 Å². The van der Waals surface area contributed by atoms with Crippen molar-refractivity contribution in [2.24, 2.45) is 0 Å². The van der Waals surface area contributed by atoms with Crippen LogP contribution in [-0.4, -0.2) is 36.2 Å². The highest BCUT2D eigenvalue weighted by atomic mass is 35.5. The van der Waals surface area contributed by atoms with Crippen molar-refractivity contribution >= 4 is 23.3 Å². The number of benzene rings is 1. The van der Waals surface area contributed by atoms with E-state index in [4.69, 9.17) is 16.3 Å². The van der Waals surface area contributed by atoms with E-state index >= 15 is 0 Å². The van der Waals surface area contributed by atoms with Crippen LogP contribution in [0.2, 0.25) is 0 Å². The van der Waals surface area contributed by atoms with Gasteiger partial charge in [-0.3, -0.25) is 0 Å². The van der Waals surface area contributed by atoms with Gasteiger partial charge in [0.15, 0.2) is 0 Å². The number of ether oxygens (including phenoxy) is 1. The Morgan fingerprint density at radius 3 is 2.94 bits per heavy atom. The second-order valence-corrected chi connectivity index (χ2v) is 3.91. The molecule has 0 spiro atoms. The molecule has 0 aliphatic carbocycles. The van der Waals surface area contributed by atoms with Gasteiger partial charge < -0.3 is 15.2 Å². The summed E-state index contributed by atoms with van der Waals surface area (Å²) in [6.07, 6.45) is -0.706. The van der Waals surface area contributed by atoms with Crippen LogP contribution in [0.1, 0.15) is 17.3 Å². The maximum atomic E-state index is 13.4. The van der Waals surface area contributed by atoms with Crippen molar-refractivity contribution < 1.29 is 19.0 Å². The van der Waals surface area contributed by atoms with Gasteiger partial charge in [-0.2, -0.15) is 0 Å². The van der Waals surface area contributed by atoms with Crippen molar-refractivity contribution in [3.05, 3.63) is 29.6 Å². The van der Waals surface area contributed by atoms with E-state index in [0.717, 1.165) is 0 Å². The molecule has 0 heterocycles. The molecule has 0 aliphatic rings. The number of esters is 1. The average molecular weight is 276 g/mol. The van der Waals surface area contributed by atoms with Gasteiger partial charge in [0.05, 0.1) is 24.2 Å². The lowest BCUT2D eigenvalue weighted by atomic mass is 10.2. The molecular formula is C12H15ClFNO3. The molecule has 1 aromatic rings. The zero-order valence-corrected chi connectivity index (χ0v) is 10.7. The summed E-state index contributed by atoms with van der Waals surface area (Å²) in [6, 6.07) is 3.98. The van der Waals surface area contributed by atoms with Gasteiger partial charge in [-0.25, -0.2) is 9.18 Å². The summed E-state index contributed by atoms with van der Waals surface area (Å²) in [6.45, 7) is 2.05. The number of rotatable bonds is 6. The molecule has 6 heteroatoms. The maximum absolute atomic E-state index is 13.4. The van der Waals surface area contributed by atoms with Crippen LogP contribution >= 0.6 is 11.6 Å². The normalized spacial score (nSPS) is 12.0. The van der Waals surface area contributed by atoms with Crippen LogP contribution in [0.5, 0.6) is 0 Å². The lowest BCUT2D eigenvalue weighted by Crippen LogP contribution is -2.21. The molecule has 2 N–H and O–H groups in total. The van der Waals surface area contributed by atoms with Gasteiger partial charge in [0.25, 0.3) is 0 Å². The molecule has 0 saturated heterocycles. The molecular weight excluding hydrogens is 261 g/mol. The van der Waals surface area contributed by atoms with E-state index in [1.807, 2.05) is 0 Å². The van der Waals surface area contributed by atoms with Gasteiger partial charge >= 0.3 is 5.97 Å². The van der Waals surface area contributed by atoms with Crippen molar-refractivity contribution in [1.82, 2.24) is 0 Å². The summed E-state index contributed by atoms with van der Waals surface area (Å²) in [5, 5.41) is 12.1. The Kier molecular flexibility index (Phi) is 5.88. The first-order valence-corrected chi connectivity index (χ1v) is 6.06. The number of nitrogens with one attached hydrogen (secondary N) is 1. The van der Waals surface area contributed by atoms with Crippen molar-refractivity contribution in [2.45, 2.75) is 13.0 Å². The lowest BCUT2D eigenvalue weighted by molar-refractivity contribution is 0.0521. The fourth-order valence-corrected chi connectivity index (χ4v) is 1.40. The van der Waals surface area contributed by atoms with Crippen molar-refractivity contribution in [3.8, 4) is 0 Å². The molecule has 0 amide bonds. The molecule has 0 saturated carbocycles. The fraction of sp³-hybridized carbons (Fsp3) is 0.417. The van der Waals surface area contributed by atoms with E-state index < -0.39 is 17.9 Å². The summed E-state index contributed by atoms with van der Waals surface area (Å²) in [7, 11) is 0. The lowest BCUT2D eigenvalue weighted by Gasteiger charge is -2.11. The largest absolute Gasteiger partial charge is 0.462 e. The molecule has 1 atom stereocenters. The summed E-state index contributed by atoms with van der Waals surface area (Å²) in [5.41, 5.74) is 0.380. The first-order valence-electron chi connectivity index (χ1n) is 5.53. The van der Waals surface area contributed by atoms with Gasteiger partial charge in [-0.05, 0) is 25.1 Å². The molecule has 1 aromatic carbocycles. The zero-order chi connectivity index (χ0) is 13.5. The van der Waals surface area contributed by atoms with E-state index in [1.165, 1.54) is 18.2 Å². The van der Waals surface area contributed by atoms with E-state index in [0.29, 0.717) is 5.69 Å². The zero-order valence-electron chi connectivity index (χ0n) is 9.95. The predicted octanol–water partition coefficient (Wildman–Crippen LogP) is 2.01. The monoisotopic (exact) mass is 275 g/mol. The molecule has 4 nitrogen and oxygen atoms in total. The molecule has 0 aliphatic heterocycles. The number of alkyl halides is 1. The topological polar surface area (TPSA) is 58.6 Å². The minimum absolute atomic E-state index is 0.0962. The predicted molar refractivity (Wildman–Crippen MR) is 67.6 cm³/mol. The van der Waals surface area contributed by atoms with E-state index in [1.54, 1.807) is 6.92 Å². The number of anilines is 1. The molecule has 0 bridgehead atoms. The maximum Gasteiger partial charge on any atom is 0.341 e. The highest BCUT2D eigenvalue weighted by Crippen LogP contribution is 2.16. The Morgan fingerprint density at radius 1 is 1.61 bits per heavy atom. The first-order chi connectivity index (χ1) is 8.58. The van der Waals surface area contributed by atoms with Crippen LogP contribution < -0.4 is 5.32 Å². The Labute approximate surface area is 110 Å². The second kappa shape index (κ2) is 7.18. The third kappa shape index (κ3) is 4.16. The molecule has 0 radical (unpaired) electrons. The number of aliphatic hydroxyl groups is 1. The minimum Gasteiger partial charge on any atom is -0.462 e. The van der Waals surface area contributed by atoms with Gasteiger partial charge in [0.1, 0.15) is 5.82 Å². The number of aliphatic hydroxyl groups excluding tert-OH is 1. The standard InChI is InChI=1S/C12H15ClFNO3/c1-2-18-12(17)10-5-8(3-4-11(10)14)15-7-9(16)6-13/h3-5,9,15-16H,2,6-7H2,1H3. The second-order valence-electron chi connectivity index (χ2n) is 3.60. The van der Waals surface area contributed by atoms with Crippen molar-refractivity contribution in [2.75, 3.05) is 24.3 Å². The summed E-state index contributed by atoms with van der Waals surface area (Å²) in [4.78, 5) is 11.5. The summed E-state index contributed by atoms with van der Waals surface area (Å²) >= 11 is 5.44. The van der Waals surface area contributed by atoms with Gasteiger partial charge in [-0.15, -0.1) is 11.6 Å². The molecule has 100 valence electrons. The Bertz CT molecular complexity index is 414. The molecule has 0 aromatic heterocycles. The number of halogens is 2. The number of carbonyl (C=O) groups is 1. The van der Waals surface area contributed by atoms with Gasteiger partial charge in [0.2, 0.25) is 0 Å². The van der Waals surface area contributed by atoms with Crippen LogP contribution in [-0.2, 0) is 4.74 Å². The molecule has 1 unspecified atom stereocenters. The Morgan fingerprint density at radius 2 is 2.33 bits per heavy atom. The smallest absolute Gasteiger partial charge is 0.341 e. The third-order valence-corrected chi connectivity index (χ3v) is 2.54. The molecule has 0 fully saturated rings. The molecule has 18 heavy (non-hydrogen) atoms. The minimum atomic E-state index is -0.712. The van der Waals surface area contributed by atoms with Crippen LogP contribution in [0.3, 0.4) is 0 Å².